The summed E-state index contributed by atoms with van der Waals surface area (Å²) in [6.07, 6.45) is 19.3. The SMILES string of the molecule is CC=CCOc1ccc2cc(C3CCC4CC(CCCCCCC)CCC4C3)c(F)cc2c1F. The van der Waals surface area contributed by atoms with Gasteiger partial charge in [-0.05, 0) is 91.8 Å². The molecule has 2 aromatic carbocycles. The summed E-state index contributed by atoms with van der Waals surface area (Å²) in [5.74, 6) is 2.16. The van der Waals surface area contributed by atoms with Crippen LogP contribution < -0.4 is 4.74 Å². The van der Waals surface area contributed by atoms with E-state index in [9.17, 15) is 4.39 Å². The maximum absolute atomic E-state index is 15.2. The van der Waals surface area contributed by atoms with E-state index in [0.717, 1.165) is 41.5 Å². The van der Waals surface area contributed by atoms with Crippen LogP contribution in [0.15, 0.2) is 36.4 Å². The summed E-state index contributed by atoms with van der Waals surface area (Å²) in [5.41, 5.74) is 0.783. The van der Waals surface area contributed by atoms with Gasteiger partial charge in [0.15, 0.2) is 11.6 Å². The first-order chi connectivity index (χ1) is 16.6. The van der Waals surface area contributed by atoms with E-state index < -0.39 is 5.82 Å². The summed E-state index contributed by atoms with van der Waals surface area (Å²) in [6.45, 7) is 4.48. The van der Waals surface area contributed by atoms with E-state index in [2.05, 4.69) is 6.92 Å². The van der Waals surface area contributed by atoms with Crippen LogP contribution in [0, 0.1) is 29.4 Å². The van der Waals surface area contributed by atoms with Crippen LogP contribution in [0.4, 0.5) is 8.78 Å². The molecule has 4 unspecified atom stereocenters. The second-order valence-electron chi connectivity index (χ2n) is 10.8. The van der Waals surface area contributed by atoms with Crippen molar-refractivity contribution in [1.82, 2.24) is 0 Å². The van der Waals surface area contributed by atoms with Crippen LogP contribution in [0.5, 0.6) is 5.75 Å². The van der Waals surface area contributed by atoms with Crippen molar-refractivity contribution in [3.05, 3.63) is 53.6 Å². The Morgan fingerprint density at radius 3 is 2.56 bits per heavy atom. The Morgan fingerprint density at radius 2 is 1.74 bits per heavy atom. The number of benzene rings is 2. The van der Waals surface area contributed by atoms with E-state index in [-0.39, 0.29) is 17.5 Å². The average Bonchev–Trinajstić information content (AvgIpc) is 2.85. The summed E-state index contributed by atoms with van der Waals surface area (Å²) in [6, 6.07) is 6.83. The first kappa shape index (κ1) is 25.2. The van der Waals surface area contributed by atoms with Gasteiger partial charge in [-0.3, -0.25) is 0 Å². The van der Waals surface area contributed by atoms with Gasteiger partial charge < -0.3 is 4.74 Å². The second kappa shape index (κ2) is 12.2. The van der Waals surface area contributed by atoms with E-state index in [1.54, 1.807) is 6.07 Å². The monoisotopic (exact) mass is 468 g/mol. The highest BCUT2D eigenvalue weighted by molar-refractivity contribution is 5.85. The molecule has 4 atom stereocenters. The number of rotatable bonds is 10. The Labute approximate surface area is 205 Å². The Balaban J connectivity index is 1.38. The van der Waals surface area contributed by atoms with Crippen LogP contribution in [-0.4, -0.2) is 6.61 Å². The molecule has 0 bridgehead atoms. The largest absolute Gasteiger partial charge is 0.486 e. The van der Waals surface area contributed by atoms with Crippen molar-refractivity contribution >= 4 is 10.8 Å². The zero-order valence-electron chi connectivity index (χ0n) is 21.1. The lowest BCUT2D eigenvalue weighted by atomic mass is 9.63. The van der Waals surface area contributed by atoms with Gasteiger partial charge in [0.2, 0.25) is 0 Å². The van der Waals surface area contributed by atoms with E-state index >= 15 is 4.39 Å². The summed E-state index contributed by atoms with van der Waals surface area (Å²) < 4.78 is 35.7. The maximum atomic E-state index is 15.2. The fourth-order valence-electron chi connectivity index (χ4n) is 6.53. The maximum Gasteiger partial charge on any atom is 0.172 e. The summed E-state index contributed by atoms with van der Waals surface area (Å²) >= 11 is 0. The first-order valence-electron chi connectivity index (χ1n) is 13.8. The molecule has 0 saturated heterocycles. The summed E-state index contributed by atoms with van der Waals surface area (Å²) in [4.78, 5) is 0. The van der Waals surface area contributed by atoms with Gasteiger partial charge in [-0.25, -0.2) is 8.78 Å². The van der Waals surface area contributed by atoms with Gasteiger partial charge in [-0.1, -0.05) is 70.1 Å². The van der Waals surface area contributed by atoms with Crippen LogP contribution in [0.2, 0.25) is 0 Å². The van der Waals surface area contributed by atoms with E-state index in [4.69, 9.17) is 4.74 Å². The number of hydrogen-bond donors (Lipinski definition) is 0. The number of ether oxygens (including phenoxy) is 1. The Morgan fingerprint density at radius 1 is 0.941 bits per heavy atom. The zero-order valence-corrected chi connectivity index (χ0v) is 21.1. The van der Waals surface area contributed by atoms with Crippen molar-refractivity contribution in [3.8, 4) is 5.75 Å². The molecule has 0 radical (unpaired) electrons. The molecule has 0 N–H and O–H groups in total. The molecule has 2 saturated carbocycles. The Bertz CT molecular complexity index is 966. The third-order valence-electron chi connectivity index (χ3n) is 8.48. The van der Waals surface area contributed by atoms with Gasteiger partial charge in [0.25, 0.3) is 0 Å². The predicted molar refractivity (Wildman–Crippen MR) is 138 cm³/mol. The van der Waals surface area contributed by atoms with Crippen LogP contribution in [0.1, 0.15) is 102 Å². The van der Waals surface area contributed by atoms with E-state index in [1.807, 2.05) is 31.2 Å². The van der Waals surface area contributed by atoms with Crippen molar-refractivity contribution < 1.29 is 13.5 Å². The predicted octanol–water partition coefficient (Wildman–Crippen LogP) is 9.73. The van der Waals surface area contributed by atoms with Crippen molar-refractivity contribution in [3.63, 3.8) is 0 Å². The summed E-state index contributed by atoms with van der Waals surface area (Å²) in [5, 5.41) is 1.08. The Hall–Kier alpha value is -1.90. The van der Waals surface area contributed by atoms with Gasteiger partial charge in [0.1, 0.15) is 12.4 Å². The molecule has 0 amide bonds. The smallest absolute Gasteiger partial charge is 0.172 e. The highest BCUT2D eigenvalue weighted by Crippen LogP contribution is 2.49. The van der Waals surface area contributed by atoms with Crippen LogP contribution >= 0.6 is 0 Å². The van der Waals surface area contributed by atoms with E-state index in [0.29, 0.717) is 12.0 Å². The molecule has 0 heterocycles. The van der Waals surface area contributed by atoms with Crippen molar-refractivity contribution in [2.45, 2.75) is 96.8 Å². The molecule has 186 valence electrons. The molecule has 3 heteroatoms. The molecule has 34 heavy (non-hydrogen) atoms. The lowest BCUT2D eigenvalue weighted by Crippen LogP contribution is -2.30. The topological polar surface area (TPSA) is 9.23 Å². The van der Waals surface area contributed by atoms with Gasteiger partial charge in [-0.15, -0.1) is 0 Å². The molecule has 0 aliphatic heterocycles. The molecule has 2 aromatic rings. The highest BCUT2D eigenvalue weighted by Gasteiger charge is 2.36. The fraction of sp³-hybridized carbons (Fsp3) is 0.613. The molecule has 2 fully saturated rings. The Kier molecular flexibility index (Phi) is 9.03. The second-order valence-corrected chi connectivity index (χ2v) is 10.8. The summed E-state index contributed by atoms with van der Waals surface area (Å²) in [7, 11) is 0. The molecule has 0 aromatic heterocycles. The van der Waals surface area contributed by atoms with Gasteiger partial charge in [-0.2, -0.15) is 0 Å². The third kappa shape index (κ3) is 6.01. The number of hydrogen-bond acceptors (Lipinski definition) is 1. The van der Waals surface area contributed by atoms with Crippen LogP contribution in [0.25, 0.3) is 10.8 Å². The van der Waals surface area contributed by atoms with Gasteiger partial charge >= 0.3 is 0 Å². The fourth-order valence-corrected chi connectivity index (χ4v) is 6.53. The minimum absolute atomic E-state index is 0.181. The quantitative estimate of drug-likeness (QED) is 0.249. The van der Waals surface area contributed by atoms with Gasteiger partial charge in [0.05, 0.1) is 0 Å². The minimum Gasteiger partial charge on any atom is -0.486 e. The van der Waals surface area contributed by atoms with Crippen molar-refractivity contribution in [2.75, 3.05) is 6.61 Å². The molecule has 4 rings (SSSR count). The number of allylic oxidation sites excluding steroid dienone is 1. The van der Waals surface area contributed by atoms with Crippen molar-refractivity contribution in [1.29, 1.82) is 0 Å². The number of fused-ring (bicyclic) bond motifs is 2. The minimum atomic E-state index is -0.468. The average molecular weight is 469 g/mol. The molecule has 2 aliphatic carbocycles. The van der Waals surface area contributed by atoms with E-state index in [1.165, 1.54) is 70.3 Å². The van der Waals surface area contributed by atoms with Crippen LogP contribution in [0.3, 0.4) is 0 Å². The first-order valence-corrected chi connectivity index (χ1v) is 13.8. The van der Waals surface area contributed by atoms with Crippen LogP contribution in [-0.2, 0) is 0 Å². The molecule has 0 spiro atoms. The molecular weight excluding hydrogens is 426 g/mol. The lowest BCUT2D eigenvalue weighted by molar-refractivity contribution is 0.112. The highest BCUT2D eigenvalue weighted by atomic mass is 19.1. The number of halogens is 2. The standard InChI is InChI=1S/C31H42F2O/c1-3-5-7-8-9-10-22-11-12-24-19-25(14-13-23(24)18-22)27-20-26-15-16-30(34-17-6-4-2)31(33)28(26)21-29(27)32/h4,6,15-16,20-25H,3,5,7-14,17-19H2,1-2H3. The third-order valence-corrected chi connectivity index (χ3v) is 8.48. The van der Waals surface area contributed by atoms with Crippen molar-refractivity contribution in [2.24, 2.45) is 17.8 Å². The number of unbranched alkanes of at least 4 members (excludes halogenated alkanes) is 4. The lowest BCUT2D eigenvalue weighted by Gasteiger charge is -2.42. The molecule has 1 nitrogen and oxygen atoms in total. The van der Waals surface area contributed by atoms with Gasteiger partial charge in [0, 0.05) is 5.39 Å². The zero-order chi connectivity index (χ0) is 23.9. The molecule has 2 aliphatic rings. The molecular formula is C31H42F2O. The normalized spacial score (nSPS) is 25.1.